The standard InChI is InChI=1S/C36H38BN5O5/c1-23(2)17-33(37(46)47)42-35(44)31(21-25-12-14-27-8-4-6-10-29(27)19-25)40-34(43)30(41-36(45)32-22-38-15-16-39-32)20-24-11-13-26-7-3-5-9-28(26)18-24/h3-16,18-19,22-23,30-31,33,46-47H,17,20-21H2,1-2H3,(H,40,43)(H,41,45)(H,42,44)/t30-,31-,33+/m0/s1. The monoisotopic (exact) mass is 631 g/mol. The summed E-state index contributed by atoms with van der Waals surface area (Å²) in [6.07, 6.45) is 4.73. The third-order valence-electron chi connectivity index (χ3n) is 7.97. The van der Waals surface area contributed by atoms with Crippen molar-refractivity contribution in [2.45, 2.75) is 51.1 Å². The summed E-state index contributed by atoms with van der Waals surface area (Å²) in [7, 11) is -1.79. The van der Waals surface area contributed by atoms with Gasteiger partial charge in [0.05, 0.1) is 12.1 Å². The van der Waals surface area contributed by atoms with Crippen LogP contribution in [0.15, 0.2) is 104 Å². The normalized spacial score (nSPS) is 13.1. The molecule has 1 aromatic heterocycles. The summed E-state index contributed by atoms with van der Waals surface area (Å²) in [5, 5.41) is 32.4. The Bertz CT molecular complexity index is 1850. The highest BCUT2D eigenvalue weighted by Crippen LogP contribution is 2.19. The summed E-state index contributed by atoms with van der Waals surface area (Å²) in [5.41, 5.74) is 1.64. The van der Waals surface area contributed by atoms with Gasteiger partial charge in [0.1, 0.15) is 17.8 Å². The van der Waals surface area contributed by atoms with Crippen LogP contribution in [-0.2, 0) is 22.4 Å². The van der Waals surface area contributed by atoms with Gasteiger partial charge in [0.25, 0.3) is 5.91 Å². The number of nitrogens with zero attached hydrogens (tertiary/aromatic N) is 2. The zero-order valence-corrected chi connectivity index (χ0v) is 26.3. The molecule has 0 aliphatic rings. The van der Waals surface area contributed by atoms with Gasteiger partial charge in [0, 0.05) is 25.2 Å². The van der Waals surface area contributed by atoms with Crippen molar-refractivity contribution in [1.29, 1.82) is 0 Å². The van der Waals surface area contributed by atoms with Gasteiger partial charge in [-0.1, -0.05) is 98.8 Å². The quantitative estimate of drug-likeness (QED) is 0.125. The summed E-state index contributed by atoms with van der Waals surface area (Å²) in [4.78, 5) is 49.0. The molecule has 3 amide bonds. The molecule has 0 spiro atoms. The molecular formula is C36H38BN5O5. The van der Waals surface area contributed by atoms with Crippen molar-refractivity contribution < 1.29 is 24.4 Å². The molecule has 5 aromatic rings. The minimum absolute atomic E-state index is 0.0442. The summed E-state index contributed by atoms with van der Waals surface area (Å²) in [6.45, 7) is 3.82. The number of nitrogens with one attached hydrogen (secondary N) is 3. The van der Waals surface area contributed by atoms with Crippen LogP contribution in [0.5, 0.6) is 0 Å². The Morgan fingerprint density at radius 2 is 1.23 bits per heavy atom. The highest BCUT2D eigenvalue weighted by atomic mass is 16.4. The molecule has 1 heterocycles. The lowest BCUT2D eigenvalue weighted by atomic mass is 9.75. The van der Waals surface area contributed by atoms with E-state index in [4.69, 9.17) is 0 Å². The fourth-order valence-corrected chi connectivity index (χ4v) is 5.59. The third-order valence-corrected chi connectivity index (χ3v) is 7.97. The molecule has 3 atom stereocenters. The molecule has 47 heavy (non-hydrogen) atoms. The van der Waals surface area contributed by atoms with Gasteiger partial charge in [0.2, 0.25) is 11.8 Å². The minimum atomic E-state index is -1.79. The van der Waals surface area contributed by atoms with Crippen molar-refractivity contribution in [2.75, 3.05) is 0 Å². The van der Waals surface area contributed by atoms with E-state index in [0.717, 1.165) is 32.7 Å². The molecule has 5 rings (SSSR count). The molecule has 10 nitrogen and oxygen atoms in total. The summed E-state index contributed by atoms with van der Waals surface area (Å²) in [5.74, 6) is -2.62. The third kappa shape index (κ3) is 8.99. The average molecular weight is 632 g/mol. The number of benzene rings is 4. The number of carbonyl (C=O) groups excluding carboxylic acids is 3. The van der Waals surface area contributed by atoms with Gasteiger partial charge < -0.3 is 26.0 Å². The van der Waals surface area contributed by atoms with Gasteiger partial charge in [-0.05, 0) is 45.0 Å². The fraction of sp³-hybridized carbons (Fsp3) is 0.250. The molecule has 0 aliphatic carbocycles. The smallest absolute Gasteiger partial charge is 0.426 e. The molecule has 0 aliphatic heterocycles. The second-order valence-electron chi connectivity index (χ2n) is 12.1. The Labute approximate surface area is 273 Å². The first-order valence-electron chi connectivity index (χ1n) is 15.7. The molecule has 240 valence electrons. The maximum absolute atomic E-state index is 14.1. The maximum atomic E-state index is 14.1. The average Bonchev–Trinajstić information content (AvgIpc) is 3.07. The van der Waals surface area contributed by atoms with Crippen molar-refractivity contribution in [1.82, 2.24) is 25.9 Å². The van der Waals surface area contributed by atoms with Gasteiger partial charge in [-0.3, -0.25) is 19.4 Å². The molecule has 0 unspecified atom stereocenters. The minimum Gasteiger partial charge on any atom is -0.426 e. The molecule has 0 bridgehead atoms. The van der Waals surface area contributed by atoms with Crippen LogP contribution >= 0.6 is 0 Å². The Balaban J connectivity index is 1.44. The Hall–Kier alpha value is -5.13. The zero-order chi connectivity index (χ0) is 33.3. The van der Waals surface area contributed by atoms with Gasteiger partial charge in [-0.15, -0.1) is 0 Å². The van der Waals surface area contributed by atoms with E-state index < -0.39 is 42.9 Å². The van der Waals surface area contributed by atoms with Gasteiger partial charge >= 0.3 is 7.12 Å². The number of carbonyl (C=O) groups is 3. The van der Waals surface area contributed by atoms with Crippen LogP contribution in [0.2, 0.25) is 0 Å². The van der Waals surface area contributed by atoms with E-state index in [9.17, 15) is 24.4 Å². The maximum Gasteiger partial charge on any atom is 0.475 e. The second-order valence-corrected chi connectivity index (χ2v) is 12.1. The van der Waals surface area contributed by atoms with E-state index in [0.29, 0.717) is 6.42 Å². The number of hydrogen-bond acceptors (Lipinski definition) is 7. The molecule has 4 aromatic carbocycles. The molecular weight excluding hydrogens is 593 g/mol. The Morgan fingerprint density at radius 3 is 1.74 bits per heavy atom. The Kier molecular flexibility index (Phi) is 10.9. The van der Waals surface area contributed by atoms with Crippen molar-refractivity contribution >= 4 is 46.4 Å². The predicted molar refractivity (Wildman–Crippen MR) is 182 cm³/mol. The Morgan fingerprint density at radius 1 is 0.702 bits per heavy atom. The number of rotatable bonds is 13. The number of aromatic nitrogens is 2. The van der Waals surface area contributed by atoms with Crippen molar-refractivity contribution in [3.63, 3.8) is 0 Å². The molecule has 0 fully saturated rings. The SMILES string of the molecule is CC(C)C[C@@H](NC(=O)[C@H](Cc1ccc2ccccc2c1)NC(=O)[C@H](Cc1ccc2ccccc2c1)NC(=O)c1cnccn1)B(O)O. The van der Waals surface area contributed by atoms with Crippen LogP contribution in [0.1, 0.15) is 41.9 Å². The lowest BCUT2D eigenvalue weighted by Crippen LogP contribution is -2.58. The summed E-state index contributed by atoms with van der Waals surface area (Å²) in [6, 6.07) is 25.1. The number of fused-ring (bicyclic) bond motifs is 2. The van der Waals surface area contributed by atoms with Crippen LogP contribution in [0, 0.1) is 5.92 Å². The van der Waals surface area contributed by atoms with Gasteiger partial charge in [0.15, 0.2) is 0 Å². The molecule has 11 heteroatoms. The number of amides is 3. The van der Waals surface area contributed by atoms with Crippen LogP contribution in [-0.4, -0.2) is 62.9 Å². The van der Waals surface area contributed by atoms with E-state index in [1.54, 1.807) is 0 Å². The predicted octanol–water partition coefficient (Wildman–Crippen LogP) is 3.39. The lowest BCUT2D eigenvalue weighted by Gasteiger charge is -2.26. The van der Waals surface area contributed by atoms with E-state index in [1.165, 1.54) is 18.6 Å². The largest absolute Gasteiger partial charge is 0.475 e. The van der Waals surface area contributed by atoms with E-state index in [2.05, 4.69) is 25.9 Å². The lowest BCUT2D eigenvalue weighted by molar-refractivity contribution is -0.130. The van der Waals surface area contributed by atoms with Crippen LogP contribution < -0.4 is 16.0 Å². The number of hydrogen-bond donors (Lipinski definition) is 5. The fourth-order valence-electron chi connectivity index (χ4n) is 5.59. The topological polar surface area (TPSA) is 154 Å². The summed E-state index contributed by atoms with van der Waals surface area (Å²) < 4.78 is 0. The van der Waals surface area contributed by atoms with Gasteiger partial charge in [-0.2, -0.15) is 0 Å². The zero-order valence-electron chi connectivity index (χ0n) is 26.3. The van der Waals surface area contributed by atoms with Crippen molar-refractivity contribution in [3.8, 4) is 0 Å². The van der Waals surface area contributed by atoms with Gasteiger partial charge in [-0.25, -0.2) is 4.98 Å². The van der Waals surface area contributed by atoms with Crippen molar-refractivity contribution in [3.05, 3.63) is 120 Å². The van der Waals surface area contributed by atoms with Crippen molar-refractivity contribution in [2.24, 2.45) is 5.92 Å². The first-order chi connectivity index (χ1) is 22.7. The first-order valence-corrected chi connectivity index (χ1v) is 15.7. The van der Waals surface area contributed by atoms with Crippen LogP contribution in [0.4, 0.5) is 0 Å². The molecule has 0 saturated carbocycles. The van der Waals surface area contributed by atoms with Crippen LogP contribution in [0.25, 0.3) is 21.5 Å². The second kappa shape index (κ2) is 15.4. The van der Waals surface area contributed by atoms with Crippen LogP contribution in [0.3, 0.4) is 0 Å². The summed E-state index contributed by atoms with van der Waals surface area (Å²) >= 11 is 0. The van der Waals surface area contributed by atoms with E-state index in [-0.39, 0.29) is 24.5 Å². The highest BCUT2D eigenvalue weighted by Gasteiger charge is 2.32. The molecule has 0 radical (unpaired) electrons. The first kappa shape index (κ1) is 33.2. The molecule has 5 N–H and O–H groups in total. The van der Waals surface area contributed by atoms with E-state index >= 15 is 0 Å². The molecule has 0 saturated heterocycles. The highest BCUT2D eigenvalue weighted by molar-refractivity contribution is 6.43. The van der Waals surface area contributed by atoms with E-state index in [1.807, 2.05) is 98.8 Å².